The molecule has 1 aliphatic heterocycles. The number of hydrogen-bond donors (Lipinski definition) is 0. The van der Waals surface area contributed by atoms with Gasteiger partial charge in [-0.05, 0) is 6.42 Å². The van der Waals surface area contributed by atoms with Crippen molar-refractivity contribution in [3.8, 4) is 0 Å². The van der Waals surface area contributed by atoms with Crippen LogP contribution in [0.4, 0.5) is 0 Å². The van der Waals surface area contributed by atoms with Crippen LogP contribution < -0.4 is 0 Å². The van der Waals surface area contributed by atoms with Crippen LogP contribution >= 0.6 is 0 Å². The van der Waals surface area contributed by atoms with Gasteiger partial charge < -0.3 is 29.0 Å². The molecule has 1 heterocycles. The average Bonchev–Trinajstić information content (AvgIpc) is 2.91. The maximum atomic E-state index is 7.75. The normalized spacial score (nSPS) is 9.79. The molecule has 19 heavy (non-hydrogen) atoms. The third-order valence-electron chi connectivity index (χ3n) is 1.74. The predicted octanol–water partition coefficient (Wildman–Crippen LogP) is 0.364. The van der Waals surface area contributed by atoms with Crippen LogP contribution in [0.25, 0.3) is 0 Å². The van der Waals surface area contributed by atoms with E-state index in [1.165, 1.54) is 19.4 Å². The Morgan fingerprint density at radius 3 is 1.63 bits per heavy atom. The summed E-state index contributed by atoms with van der Waals surface area (Å²) in [6.45, 7) is 17.5. The molecule has 0 saturated carbocycles. The maximum Gasteiger partial charge on any atom is 0.0890 e. The third-order valence-corrected chi connectivity index (χ3v) is 1.74. The van der Waals surface area contributed by atoms with Gasteiger partial charge in [-0.25, -0.2) is 0 Å². The minimum atomic E-state index is 0. The Hall–Kier alpha value is -1.47. The van der Waals surface area contributed by atoms with Crippen LogP contribution in [-0.4, -0.2) is 57.2 Å². The first-order valence-electron chi connectivity index (χ1n) is 4.90. The fourth-order valence-electron chi connectivity index (χ4n) is 1.10. The first-order valence-corrected chi connectivity index (χ1v) is 4.90. The van der Waals surface area contributed by atoms with Gasteiger partial charge in [-0.3, -0.25) is 27.2 Å². The quantitative estimate of drug-likeness (QED) is 0.553. The van der Waals surface area contributed by atoms with Gasteiger partial charge >= 0.3 is 0 Å². The van der Waals surface area contributed by atoms with Crippen LogP contribution in [0.15, 0.2) is 12.4 Å². The molecule has 1 aliphatic rings. The predicted molar refractivity (Wildman–Crippen MR) is 70.4 cm³/mol. The van der Waals surface area contributed by atoms with Crippen molar-refractivity contribution in [3.63, 3.8) is 0 Å². The Morgan fingerprint density at radius 1 is 0.947 bits per heavy atom. The molecule has 0 spiro atoms. The first kappa shape index (κ1) is 30.5. The van der Waals surface area contributed by atoms with Crippen molar-refractivity contribution in [1.82, 2.24) is 9.80 Å². The van der Waals surface area contributed by atoms with Crippen molar-refractivity contribution in [1.29, 1.82) is 0 Å². The Bertz CT molecular complexity index is 177. The van der Waals surface area contributed by atoms with Crippen LogP contribution in [0.2, 0.25) is 0 Å². The van der Waals surface area contributed by atoms with Crippen molar-refractivity contribution in [2.24, 2.45) is 0 Å². The van der Waals surface area contributed by atoms with E-state index in [2.05, 4.69) is 63.3 Å². The van der Waals surface area contributed by atoms with E-state index >= 15 is 0 Å². The van der Waals surface area contributed by atoms with E-state index in [-0.39, 0.29) is 16.8 Å². The molecule has 7 heteroatoms. The molecular weight excluding hydrogens is 295 g/mol. The van der Waals surface area contributed by atoms with Crippen molar-refractivity contribution < 1.29 is 36.0 Å². The second-order valence-corrected chi connectivity index (χ2v) is 2.86. The third kappa shape index (κ3) is 26.2. The molecule has 0 N–H and O–H groups in total. The molecule has 1 radical (unpaired) electrons. The molecule has 115 valence electrons. The monoisotopic (exact) mass is 315 g/mol. The van der Waals surface area contributed by atoms with Crippen LogP contribution in [0.5, 0.6) is 0 Å². The molecule has 1 rings (SSSR count). The summed E-state index contributed by atoms with van der Waals surface area (Å²) in [4.78, 5) is 35.5. The summed E-state index contributed by atoms with van der Waals surface area (Å²) in [5.41, 5.74) is 0. The van der Waals surface area contributed by atoms with E-state index < -0.39 is 0 Å². The molecule has 0 aliphatic carbocycles. The fraction of sp³-hybridized carbons (Fsp3) is 0.500. The van der Waals surface area contributed by atoms with Crippen LogP contribution in [0.3, 0.4) is 0 Å². The van der Waals surface area contributed by atoms with Gasteiger partial charge in [-0.2, -0.15) is 0 Å². The van der Waals surface area contributed by atoms with E-state index in [9.17, 15) is 0 Å². The molecule has 6 nitrogen and oxygen atoms in total. The van der Waals surface area contributed by atoms with Gasteiger partial charge in [-0.1, -0.05) is 13.3 Å². The van der Waals surface area contributed by atoms with Gasteiger partial charge in [0.15, 0.2) is 0 Å². The summed E-state index contributed by atoms with van der Waals surface area (Å²) in [6, 6.07) is 0. The van der Waals surface area contributed by atoms with Crippen LogP contribution in [0.1, 0.15) is 19.8 Å². The summed E-state index contributed by atoms with van der Waals surface area (Å²) in [5.74, 6) is 0. The summed E-state index contributed by atoms with van der Waals surface area (Å²) in [5, 5.41) is 0. The summed E-state index contributed by atoms with van der Waals surface area (Å²) in [6.07, 6.45) is 6.87. The minimum Gasteiger partial charge on any atom is -0.545 e. The smallest absolute Gasteiger partial charge is 0.0890 e. The van der Waals surface area contributed by atoms with E-state index in [1.807, 2.05) is 0 Å². The van der Waals surface area contributed by atoms with E-state index in [4.69, 9.17) is 19.2 Å². The number of hydrogen-bond acceptors (Lipinski definition) is 6. The summed E-state index contributed by atoms with van der Waals surface area (Å²) in [7, 11) is 2.10. The fourth-order valence-corrected chi connectivity index (χ4v) is 1.10. The zero-order chi connectivity index (χ0) is 15.4. The number of unbranched alkanes of at least 4 members (excludes halogenated alkanes) is 1. The second-order valence-electron chi connectivity index (χ2n) is 2.86. The Morgan fingerprint density at radius 2 is 1.37 bits per heavy atom. The standard InChI is InChI=1S/C8H16N2.4CHO.Co/c1-3-4-5-10-7-6-9(2)8-10;4*1-2;/h6-7H,3-5,8H2,1-2H3;4*1H;/q;4*-1;. The molecule has 0 bridgehead atoms. The van der Waals surface area contributed by atoms with Crippen molar-refractivity contribution in [3.05, 3.63) is 12.4 Å². The van der Waals surface area contributed by atoms with Crippen LogP contribution in [0, 0.1) is 0 Å². The molecule has 0 unspecified atom stereocenters. The average molecular weight is 315 g/mol. The van der Waals surface area contributed by atoms with Gasteiger partial charge in [0.25, 0.3) is 0 Å². The van der Waals surface area contributed by atoms with Crippen LogP contribution in [-0.2, 0) is 36.0 Å². The van der Waals surface area contributed by atoms with Gasteiger partial charge in [0.1, 0.15) is 0 Å². The van der Waals surface area contributed by atoms with Crippen molar-refractivity contribution >= 4 is 27.2 Å². The molecule has 0 aromatic rings. The number of nitrogens with zero attached hydrogens (tertiary/aromatic N) is 2. The molecule has 0 aromatic carbocycles. The molecule has 0 saturated heterocycles. The first-order chi connectivity index (χ1) is 8.83. The number of carbonyl (C=O) groups excluding carboxylic acids is 4. The van der Waals surface area contributed by atoms with Crippen molar-refractivity contribution in [2.45, 2.75) is 19.8 Å². The second kappa shape index (κ2) is 36.0. The molecule has 0 aromatic heterocycles. The SMILES string of the molecule is CCCCN1C=CN(C)C1.[CH-]=O.[CH-]=O.[CH-]=O.[CH-]=O.[Co]. The molecular formula is C12H20CoN2O4-4. The van der Waals surface area contributed by atoms with Gasteiger partial charge in [0.2, 0.25) is 0 Å². The zero-order valence-electron chi connectivity index (χ0n) is 11.2. The van der Waals surface area contributed by atoms with Gasteiger partial charge in [-0.15, -0.1) is 0 Å². The number of rotatable bonds is 3. The zero-order valence-corrected chi connectivity index (χ0v) is 12.2. The van der Waals surface area contributed by atoms with E-state index in [0.29, 0.717) is 0 Å². The minimum absolute atomic E-state index is 0. The Kier molecular flexibility index (Phi) is 57.7. The largest absolute Gasteiger partial charge is 0.545 e. The molecule has 0 atom stereocenters. The summed E-state index contributed by atoms with van der Waals surface area (Å²) >= 11 is 0. The van der Waals surface area contributed by atoms with Gasteiger partial charge in [0.05, 0.1) is 6.67 Å². The molecule has 0 amide bonds. The van der Waals surface area contributed by atoms with Crippen molar-refractivity contribution in [2.75, 3.05) is 20.3 Å². The Labute approximate surface area is 126 Å². The summed E-state index contributed by atoms with van der Waals surface area (Å²) < 4.78 is 0. The molecule has 0 fully saturated rings. The topological polar surface area (TPSA) is 74.8 Å². The maximum absolute atomic E-state index is 7.75. The Balaban J connectivity index is -0.0000000628. The van der Waals surface area contributed by atoms with E-state index in [1.54, 1.807) is 0 Å². The van der Waals surface area contributed by atoms with E-state index in [0.717, 1.165) is 6.67 Å². The van der Waals surface area contributed by atoms with Gasteiger partial charge in [0, 0.05) is 42.8 Å².